The molecule has 0 spiro atoms. The van der Waals surface area contributed by atoms with Crippen LogP contribution in [0.25, 0.3) is 11.3 Å². The van der Waals surface area contributed by atoms with Crippen LogP contribution in [0, 0.1) is 6.92 Å². The molecule has 1 aromatic carbocycles. The van der Waals surface area contributed by atoms with Crippen molar-refractivity contribution in [1.82, 2.24) is 19.7 Å². The SMILES string of the molecule is Cc1cnc(Nc2cnn(C3C[C@H]4CC[C@@H](C3)O4)c2)nc1-c1ccc(C(=O)O)cc1. The number of ether oxygens (including phenoxy) is 1. The summed E-state index contributed by atoms with van der Waals surface area (Å²) in [5.41, 5.74) is 3.61. The number of hydrogen-bond donors (Lipinski definition) is 2. The van der Waals surface area contributed by atoms with E-state index in [1.807, 2.05) is 17.8 Å². The van der Waals surface area contributed by atoms with Gasteiger partial charge in [-0.25, -0.2) is 14.8 Å². The van der Waals surface area contributed by atoms with E-state index >= 15 is 0 Å². The van der Waals surface area contributed by atoms with Gasteiger partial charge in [0, 0.05) is 18.0 Å². The van der Waals surface area contributed by atoms with Gasteiger partial charge in [0.1, 0.15) is 0 Å². The Balaban J connectivity index is 1.34. The Kier molecular flexibility index (Phi) is 4.71. The Morgan fingerprint density at radius 1 is 1.17 bits per heavy atom. The van der Waals surface area contributed by atoms with Gasteiger partial charge in [0.15, 0.2) is 0 Å². The quantitative estimate of drug-likeness (QED) is 0.662. The molecule has 2 bridgehead atoms. The van der Waals surface area contributed by atoms with E-state index in [1.165, 1.54) is 0 Å². The number of nitrogens with one attached hydrogen (secondary N) is 1. The number of fused-ring (bicyclic) bond motifs is 2. The molecule has 0 aliphatic carbocycles. The van der Waals surface area contributed by atoms with Crippen LogP contribution < -0.4 is 5.32 Å². The number of hydrogen-bond acceptors (Lipinski definition) is 6. The van der Waals surface area contributed by atoms with Gasteiger partial charge in [0.05, 0.1) is 41.4 Å². The predicted octanol–water partition coefficient (Wildman–Crippen LogP) is 3.97. The number of carbonyl (C=O) groups is 1. The lowest BCUT2D eigenvalue weighted by atomic mass is 10.0. The summed E-state index contributed by atoms with van der Waals surface area (Å²) >= 11 is 0. The molecule has 0 saturated carbocycles. The first kappa shape index (κ1) is 18.7. The molecule has 30 heavy (non-hydrogen) atoms. The summed E-state index contributed by atoms with van der Waals surface area (Å²) in [4.78, 5) is 20.1. The number of aryl methyl sites for hydroxylation is 1. The molecular weight excluding hydrogens is 382 g/mol. The maximum absolute atomic E-state index is 11.1. The second-order valence-corrected chi connectivity index (χ2v) is 8.02. The third kappa shape index (κ3) is 3.66. The molecule has 2 aliphatic rings. The second kappa shape index (κ2) is 7.53. The van der Waals surface area contributed by atoms with E-state index in [-0.39, 0.29) is 5.56 Å². The Morgan fingerprint density at radius 2 is 1.90 bits per heavy atom. The molecule has 3 aromatic rings. The summed E-state index contributed by atoms with van der Waals surface area (Å²) in [6, 6.07) is 7.06. The number of aromatic carboxylic acids is 1. The molecule has 2 N–H and O–H groups in total. The number of carboxylic acids is 1. The molecule has 8 heteroatoms. The monoisotopic (exact) mass is 405 g/mol. The average Bonchev–Trinajstić information content (AvgIpc) is 3.35. The number of carboxylic acid groups (broad SMARTS) is 1. The highest BCUT2D eigenvalue weighted by molar-refractivity contribution is 5.88. The minimum Gasteiger partial charge on any atom is -0.478 e. The van der Waals surface area contributed by atoms with E-state index in [9.17, 15) is 4.79 Å². The van der Waals surface area contributed by atoms with Crippen molar-refractivity contribution < 1.29 is 14.6 Å². The lowest BCUT2D eigenvalue weighted by molar-refractivity contribution is -0.0180. The largest absolute Gasteiger partial charge is 0.478 e. The van der Waals surface area contributed by atoms with Crippen LogP contribution in [0.15, 0.2) is 42.9 Å². The summed E-state index contributed by atoms with van der Waals surface area (Å²) in [7, 11) is 0. The molecular formula is C22H23N5O3. The van der Waals surface area contributed by atoms with Gasteiger partial charge in [-0.15, -0.1) is 0 Å². The molecule has 1 unspecified atom stereocenters. The van der Waals surface area contributed by atoms with Gasteiger partial charge in [-0.05, 0) is 50.3 Å². The minimum atomic E-state index is -0.946. The van der Waals surface area contributed by atoms with Gasteiger partial charge in [0.2, 0.25) is 5.95 Å². The second-order valence-electron chi connectivity index (χ2n) is 8.02. The summed E-state index contributed by atoms with van der Waals surface area (Å²) in [5.74, 6) is -0.470. The lowest BCUT2D eigenvalue weighted by Gasteiger charge is -2.28. The summed E-state index contributed by atoms with van der Waals surface area (Å²) < 4.78 is 7.95. The highest BCUT2D eigenvalue weighted by atomic mass is 16.5. The molecule has 0 radical (unpaired) electrons. The summed E-state index contributed by atoms with van der Waals surface area (Å²) in [5, 5.41) is 16.9. The number of nitrogens with zero attached hydrogens (tertiary/aromatic N) is 4. The first-order valence-electron chi connectivity index (χ1n) is 10.2. The number of anilines is 2. The maximum atomic E-state index is 11.1. The van der Waals surface area contributed by atoms with Crippen molar-refractivity contribution in [2.45, 2.75) is 50.9 Å². The predicted molar refractivity (Wildman–Crippen MR) is 111 cm³/mol. The van der Waals surface area contributed by atoms with E-state index < -0.39 is 5.97 Å². The lowest BCUT2D eigenvalue weighted by Crippen LogP contribution is -2.27. The summed E-state index contributed by atoms with van der Waals surface area (Å²) in [6.07, 6.45) is 10.6. The standard InChI is InChI=1S/C22H23N5O3/c1-13-10-23-22(26-20(13)14-2-4-15(5-3-14)21(28)29)25-16-11-24-27(12-16)17-8-18-6-7-19(9-17)30-18/h2-5,10-12,17-19H,6-9H2,1H3,(H,28,29)(H,23,25,26)/t17?,18-,19+. The molecule has 2 aliphatic heterocycles. The van der Waals surface area contributed by atoms with E-state index in [0.29, 0.717) is 24.2 Å². The van der Waals surface area contributed by atoms with Gasteiger partial charge >= 0.3 is 5.97 Å². The van der Waals surface area contributed by atoms with Crippen molar-refractivity contribution in [3.63, 3.8) is 0 Å². The van der Waals surface area contributed by atoms with Crippen molar-refractivity contribution in [2.24, 2.45) is 0 Å². The number of rotatable bonds is 5. The number of benzene rings is 1. The van der Waals surface area contributed by atoms with Gasteiger partial charge < -0.3 is 15.2 Å². The van der Waals surface area contributed by atoms with Crippen LogP contribution in [-0.4, -0.2) is 43.0 Å². The molecule has 5 rings (SSSR count). The smallest absolute Gasteiger partial charge is 0.335 e. The Labute approximate surface area is 173 Å². The Morgan fingerprint density at radius 3 is 2.60 bits per heavy atom. The Hall–Kier alpha value is -3.26. The van der Waals surface area contributed by atoms with Gasteiger partial charge in [-0.2, -0.15) is 5.10 Å². The van der Waals surface area contributed by atoms with E-state index in [4.69, 9.17) is 9.84 Å². The first-order valence-corrected chi connectivity index (χ1v) is 10.2. The van der Waals surface area contributed by atoms with Crippen LogP contribution in [0.3, 0.4) is 0 Å². The Bertz CT molecular complexity index is 1070. The molecule has 4 heterocycles. The fourth-order valence-electron chi connectivity index (χ4n) is 4.34. The van der Waals surface area contributed by atoms with E-state index in [0.717, 1.165) is 48.2 Å². The minimum absolute atomic E-state index is 0.248. The first-order chi connectivity index (χ1) is 14.5. The van der Waals surface area contributed by atoms with Crippen LogP contribution in [0.1, 0.15) is 47.6 Å². The van der Waals surface area contributed by atoms with Crippen molar-refractivity contribution in [3.05, 3.63) is 54.0 Å². The molecule has 2 saturated heterocycles. The zero-order valence-electron chi connectivity index (χ0n) is 16.7. The van der Waals surface area contributed by atoms with Crippen LogP contribution >= 0.6 is 0 Å². The molecule has 3 atom stereocenters. The van der Waals surface area contributed by atoms with Crippen molar-refractivity contribution in [2.75, 3.05) is 5.32 Å². The van der Waals surface area contributed by atoms with Crippen LogP contribution in [0.4, 0.5) is 11.6 Å². The zero-order chi connectivity index (χ0) is 20.7. The topological polar surface area (TPSA) is 102 Å². The fourth-order valence-corrected chi connectivity index (χ4v) is 4.34. The average molecular weight is 405 g/mol. The van der Waals surface area contributed by atoms with Crippen LogP contribution in [0.2, 0.25) is 0 Å². The highest BCUT2D eigenvalue weighted by Crippen LogP contribution is 2.38. The van der Waals surface area contributed by atoms with Crippen molar-refractivity contribution in [3.8, 4) is 11.3 Å². The van der Waals surface area contributed by atoms with Crippen LogP contribution in [0.5, 0.6) is 0 Å². The van der Waals surface area contributed by atoms with E-state index in [1.54, 1.807) is 36.7 Å². The van der Waals surface area contributed by atoms with E-state index in [2.05, 4.69) is 20.4 Å². The molecule has 2 aromatic heterocycles. The molecule has 2 fully saturated rings. The van der Waals surface area contributed by atoms with Gasteiger partial charge in [-0.1, -0.05) is 12.1 Å². The van der Waals surface area contributed by atoms with Crippen LogP contribution in [-0.2, 0) is 4.74 Å². The fraction of sp³-hybridized carbons (Fsp3) is 0.364. The summed E-state index contributed by atoms with van der Waals surface area (Å²) in [6.45, 7) is 1.93. The third-order valence-electron chi connectivity index (χ3n) is 5.87. The van der Waals surface area contributed by atoms with Gasteiger partial charge in [0.25, 0.3) is 0 Å². The molecule has 0 amide bonds. The third-order valence-corrected chi connectivity index (χ3v) is 5.87. The van der Waals surface area contributed by atoms with Gasteiger partial charge in [-0.3, -0.25) is 4.68 Å². The number of aromatic nitrogens is 4. The zero-order valence-corrected chi connectivity index (χ0v) is 16.7. The maximum Gasteiger partial charge on any atom is 0.335 e. The molecule has 154 valence electrons. The normalized spacial score (nSPS) is 22.8. The van der Waals surface area contributed by atoms with Crippen molar-refractivity contribution in [1.29, 1.82) is 0 Å². The molecule has 8 nitrogen and oxygen atoms in total. The highest BCUT2D eigenvalue weighted by Gasteiger charge is 2.36. The van der Waals surface area contributed by atoms with Crippen molar-refractivity contribution >= 4 is 17.6 Å².